The Morgan fingerprint density at radius 1 is 1.42 bits per heavy atom. The van der Waals surface area contributed by atoms with E-state index in [0.29, 0.717) is 5.69 Å². The molecule has 0 heterocycles. The fraction of sp³-hybridized carbons (Fsp3) is 0. The van der Waals surface area contributed by atoms with Gasteiger partial charge in [0.15, 0.2) is 0 Å². The second kappa shape index (κ2) is 4.23. The number of nitrogens with zero attached hydrogens (tertiary/aromatic N) is 1. The Balaban J connectivity index is 3.00. The van der Waals surface area contributed by atoms with E-state index < -0.39 is 11.1 Å². The normalized spacial score (nSPS) is 11.8. The molecule has 62 valence electrons. The van der Waals surface area contributed by atoms with E-state index in [2.05, 4.69) is 22.4 Å². The quantitative estimate of drug-likeness (QED) is 0.412. The topological polar surface area (TPSA) is 52.5 Å². The van der Waals surface area contributed by atoms with Crippen molar-refractivity contribution in [1.29, 1.82) is 0 Å². The molecule has 0 bridgehead atoms. The van der Waals surface area contributed by atoms with Gasteiger partial charge in [0.05, 0.1) is 10.8 Å². The Morgan fingerprint density at radius 3 is 2.42 bits per heavy atom. The first-order valence-electron chi connectivity index (χ1n) is 3.01. The summed E-state index contributed by atoms with van der Waals surface area (Å²) in [5.74, 6) is 0. The molecule has 1 unspecified atom stereocenters. The molecule has 1 rings (SSSR count). The lowest BCUT2D eigenvalue weighted by Gasteiger charge is -2.03. The lowest BCUT2D eigenvalue weighted by atomic mass is 10.3. The fourth-order valence-electron chi connectivity index (χ4n) is 0.684. The van der Waals surface area contributed by atoms with Gasteiger partial charge >= 0.3 is 0 Å². The van der Waals surface area contributed by atoms with Crippen LogP contribution in [0.5, 0.6) is 0 Å². The first kappa shape index (κ1) is 9.22. The molecule has 0 fully saturated rings. The van der Waals surface area contributed by atoms with Crippen LogP contribution in [-0.2, 0) is 11.1 Å². The van der Waals surface area contributed by atoms with Crippen LogP contribution in [0.2, 0.25) is 0 Å². The van der Waals surface area contributed by atoms with Crippen LogP contribution in [0.4, 0.5) is 5.69 Å². The van der Waals surface area contributed by atoms with Gasteiger partial charge in [-0.05, 0) is 47.6 Å². The van der Waals surface area contributed by atoms with Gasteiger partial charge in [-0.2, -0.15) is 4.99 Å². The van der Waals surface area contributed by atoms with Crippen LogP contribution in [0.1, 0.15) is 0 Å². The lowest BCUT2D eigenvalue weighted by Crippen LogP contribution is -1.86. The molecular weight excluding hydrogens is 194 g/mol. The number of thiocarbonyl (C=S) groups is 1. The highest BCUT2D eigenvalue weighted by Gasteiger charge is 1.91. The fourth-order valence-corrected chi connectivity index (χ4v) is 1.15. The summed E-state index contributed by atoms with van der Waals surface area (Å²) in [4.78, 5) is 3.91. The summed E-state index contributed by atoms with van der Waals surface area (Å²) in [7, 11) is 0. The maximum atomic E-state index is 10.4. The molecule has 1 aromatic rings. The van der Waals surface area contributed by atoms with E-state index in [0.717, 1.165) is 0 Å². The Bertz CT molecular complexity index is 320. The van der Waals surface area contributed by atoms with Crippen molar-refractivity contribution in [2.24, 2.45) is 4.99 Å². The van der Waals surface area contributed by atoms with Crippen molar-refractivity contribution in [2.75, 3.05) is 0 Å². The largest absolute Gasteiger partial charge is 0.768 e. The summed E-state index contributed by atoms with van der Waals surface area (Å²) in [6.07, 6.45) is 0. The van der Waals surface area contributed by atoms with Crippen LogP contribution >= 0.6 is 12.2 Å². The molecule has 0 aliphatic heterocycles. The van der Waals surface area contributed by atoms with Gasteiger partial charge in [0.1, 0.15) is 0 Å². The van der Waals surface area contributed by atoms with Gasteiger partial charge in [-0.15, -0.1) is 0 Å². The zero-order chi connectivity index (χ0) is 8.97. The van der Waals surface area contributed by atoms with Crippen molar-refractivity contribution < 1.29 is 8.76 Å². The minimum atomic E-state index is -2.18. The first-order valence-corrected chi connectivity index (χ1v) is 4.49. The number of hydrogen-bond acceptors (Lipinski definition) is 4. The summed E-state index contributed by atoms with van der Waals surface area (Å²) in [6.45, 7) is 0. The van der Waals surface area contributed by atoms with E-state index in [1.54, 1.807) is 12.1 Å². The Hall–Kier alpha value is -0.870. The molecular formula is C7H4NO2S2-. The van der Waals surface area contributed by atoms with E-state index in [1.165, 1.54) is 12.1 Å². The second-order valence-corrected chi connectivity index (χ2v) is 3.06. The summed E-state index contributed by atoms with van der Waals surface area (Å²) in [6, 6.07) is 6.03. The zero-order valence-electron chi connectivity index (χ0n) is 5.89. The summed E-state index contributed by atoms with van der Waals surface area (Å²) < 4.78 is 20.8. The van der Waals surface area contributed by atoms with E-state index >= 15 is 0 Å². The molecule has 0 radical (unpaired) electrons. The molecule has 0 spiro atoms. The highest BCUT2D eigenvalue weighted by Crippen LogP contribution is 2.13. The third kappa shape index (κ3) is 2.32. The molecule has 0 saturated heterocycles. The van der Waals surface area contributed by atoms with Crippen LogP contribution in [0.15, 0.2) is 34.2 Å². The number of aliphatic imine (C=N–C) groups is 1. The molecule has 0 N–H and O–H groups in total. The predicted octanol–water partition coefficient (Wildman–Crippen LogP) is 1.66. The van der Waals surface area contributed by atoms with Crippen LogP contribution < -0.4 is 0 Å². The van der Waals surface area contributed by atoms with Gasteiger partial charge in [0.2, 0.25) is 0 Å². The minimum absolute atomic E-state index is 0.235. The third-order valence-electron chi connectivity index (χ3n) is 1.20. The molecule has 1 aromatic carbocycles. The predicted molar refractivity (Wildman–Crippen MR) is 48.3 cm³/mol. The minimum Gasteiger partial charge on any atom is -0.768 e. The summed E-state index contributed by atoms with van der Waals surface area (Å²) in [5.41, 5.74) is 0.596. The van der Waals surface area contributed by atoms with Gasteiger partial charge < -0.3 is 4.55 Å². The molecule has 5 heteroatoms. The highest BCUT2D eigenvalue weighted by molar-refractivity contribution is 7.79. The van der Waals surface area contributed by atoms with Gasteiger partial charge in [0, 0.05) is 4.90 Å². The first-order chi connectivity index (χ1) is 5.74. The van der Waals surface area contributed by atoms with E-state index in [-0.39, 0.29) is 4.90 Å². The van der Waals surface area contributed by atoms with Crippen LogP contribution in [0.25, 0.3) is 0 Å². The average Bonchev–Trinajstić information content (AvgIpc) is 2.06. The number of benzene rings is 1. The molecule has 0 aliphatic carbocycles. The van der Waals surface area contributed by atoms with E-state index in [4.69, 9.17) is 0 Å². The summed E-state index contributed by atoms with van der Waals surface area (Å²) in [5, 5.41) is 2.19. The van der Waals surface area contributed by atoms with Gasteiger partial charge in [0.25, 0.3) is 0 Å². The molecule has 1 atom stereocenters. The van der Waals surface area contributed by atoms with Gasteiger partial charge in [-0.25, -0.2) is 0 Å². The van der Waals surface area contributed by atoms with Crippen molar-refractivity contribution in [3.05, 3.63) is 24.3 Å². The molecule has 12 heavy (non-hydrogen) atoms. The monoisotopic (exact) mass is 198 g/mol. The number of isothiocyanates is 1. The maximum absolute atomic E-state index is 10.4. The van der Waals surface area contributed by atoms with Crippen molar-refractivity contribution in [1.82, 2.24) is 0 Å². The third-order valence-corrected chi connectivity index (χ3v) is 1.95. The van der Waals surface area contributed by atoms with Crippen LogP contribution in [0, 0.1) is 0 Å². The molecule has 0 aliphatic rings. The van der Waals surface area contributed by atoms with E-state index in [1.807, 2.05) is 0 Å². The molecule has 3 nitrogen and oxygen atoms in total. The Kier molecular flexibility index (Phi) is 3.25. The van der Waals surface area contributed by atoms with E-state index in [9.17, 15) is 8.76 Å². The van der Waals surface area contributed by atoms with Crippen LogP contribution in [-0.4, -0.2) is 13.9 Å². The standard InChI is InChI=1S/C7H5NO2S2/c9-12(10)7-3-1-6(2-4-7)8-5-11/h1-4H,(H,9,10)/p-1. The number of hydrogen-bond donors (Lipinski definition) is 0. The average molecular weight is 198 g/mol. The SMILES string of the molecule is O=S([O-])c1ccc(N=C=S)cc1. The zero-order valence-corrected chi connectivity index (χ0v) is 7.52. The molecule has 0 aromatic heterocycles. The second-order valence-electron chi connectivity index (χ2n) is 1.93. The molecule has 0 amide bonds. The summed E-state index contributed by atoms with van der Waals surface area (Å²) >= 11 is 2.20. The van der Waals surface area contributed by atoms with Crippen molar-refractivity contribution in [2.45, 2.75) is 4.90 Å². The molecule has 0 saturated carbocycles. The van der Waals surface area contributed by atoms with Gasteiger partial charge in [-0.1, -0.05) is 0 Å². The lowest BCUT2D eigenvalue weighted by molar-refractivity contribution is 0.537. The Morgan fingerprint density at radius 2 is 2.00 bits per heavy atom. The van der Waals surface area contributed by atoms with Gasteiger partial charge in [-0.3, -0.25) is 4.21 Å². The smallest absolute Gasteiger partial charge is 0.0740 e. The van der Waals surface area contributed by atoms with Crippen LogP contribution in [0.3, 0.4) is 0 Å². The van der Waals surface area contributed by atoms with Crippen molar-refractivity contribution >= 4 is 34.1 Å². The van der Waals surface area contributed by atoms with Crippen molar-refractivity contribution in [3.63, 3.8) is 0 Å². The van der Waals surface area contributed by atoms with Crippen molar-refractivity contribution in [3.8, 4) is 0 Å². The number of rotatable bonds is 2. The highest BCUT2D eigenvalue weighted by atomic mass is 32.2. The maximum Gasteiger partial charge on any atom is 0.0740 e. The Labute approximate surface area is 77.4 Å².